The Morgan fingerprint density at radius 3 is 2.44 bits per heavy atom. The lowest BCUT2D eigenvalue weighted by Crippen LogP contribution is -2.28. The van der Waals surface area contributed by atoms with E-state index < -0.39 is 5.92 Å². The molecule has 0 aromatic heterocycles. The molecular weight excluding hydrogens is 318 g/mol. The highest BCUT2D eigenvalue weighted by Gasteiger charge is 2.37. The van der Waals surface area contributed by atoms with Gasteiger partial charge in [-0.1, -0.05) is 12.1 Å². The molecule has 5 nitrogen and oxygen atoms in total. The summed E-state index contributed by atoms with van der Waals surface area (Å²) in [7, 11) is 1.58. The molecule has 5 heteroatoms. The maximum Gasteiger partial charge on any atom is 0.316 e. The Balaban J connectivity index is 1.71. The van der Waals surface area contributed by atoms with Gasteiger partial charge in [-0.25, -0.2) is 0 Å². The average molecular weight is 339 g/mol. The summed E-state index contributed by atoms with van der Waals surface area (Å²) in [6.45, 7) is 4.34. The van der Waals surface area contributed by atoms with Gasteiger partial charge in [-0.15, -0.1) is 0 Å². The number of hydrogen-bond donors (Lipinski definition) is 0. The van der Waals surface area contributed by atoms with E-state index in [4.69, 9.17) is 9.47 Å². The highest BCUT2D eigenvalue weighted by atomic mass is 16.5. The first kappa shape index (κ1) is 17.0. The van der Waals surface area contributed by atoms with Crippen molar-refractivity contribution in [1.29, 1.82) is 0 Å². The van der Waals surface area contributed by atoms with Gasteiger partial charge >= 0.3 is 5.97 Å². The van der Waals surface area contributed by atoms with Crippen LogP contribution >= 0.6 is 0 Å². The van der Waals surface area contributed by atoms with Gasteiger partial charge in [0.15, 0.2) is 0 Å². The molecule has 1 heterocycles. The Morgan fingerprint density at radius 2 is 1.76 bits per heavy atom. The molecule has 1 saturated heterocycles. The fourth-order valence-corrected chi connectivity index (χ4v) is 2.97. The summed E-state index contributed by atoms with van der Waals surface area (Å²) >= 11 is 0. The number of methoxy groups -OCH3 is 1. The topological polar surface area (TPSA) is 55.8 Å². The number of amides is 1. The van der Waals surface area contributed by atoms with E-state index in [1.54, 1.807) is 36.3 Å². The first-order chi connectivity index (χ1) is 12.0. The third-order valence-corrected chi connectivity index (χ3v) is 4.60. The second kappa shape index (κ2) is 6.97. The van der Waals surface area contributed by atoms with Crippen molar-refractivity contribution in [2.45, 2.75) is 20.3 Å². The van der Waals surface area contributed by atoms with Gasteiger partial charge in [0.05, 0.1) is 13.0 Å². The molecule has 1 amide bonds. The highest BCUT2D eigenvalue weighted by molar-refractivity contribution is 6.00. The number of esters is 1. The molecule has 0 aliphatic carbocycles. The van der Waals surface area contributed by atoms with Gasteiger partial charge in [0.25, 0.3) is 0 Å². The minimum atomic E-state index is -0.463. The molecule has 0 radical (unpaired) electrons. The minimum absolute atomic E-state index is 0.0506. The molecule has 0 spiro atoms. The molecule has 25 heavy (non-hydrogen) atoms. The van der Waals surface area contributed by atoms with Crippen molar-refractivity contribution >= 4 is 17.6 Å². The molecule has 0 unspecified atom stereocenters. The van der Waals surface area contributed by atoms with Crippen LogP contribution in [-0.4, -0.2) is 25.5 Å². The Labute approximate surface area is 147 Å². The Bertz CT molecular complexity index is 798. The smallest absolute Gasteiger partial charge is 0.316 e. The third-order valence-electron chi connectivity index (χ3n) is 4.60. The van der Waals surface area contributed by atoms with Crippen LogP contribution in [0.2, 0.25) is 0 Å². The molecule has 3 rings (SSSR count). The monoisotopic (exact) mass is 339 g/mol. The maximum absolute atomic E-state index is 12.4. The molecule has 1 aliphatic rings. The zero-order valence-corrected chi connectivity index (χ0v) is 14.6. The summed E-state index contributed by atoms with van der Waals surface area (Å²) in [6, 6.07) is 12.7. The lowest BCUT2D eigenvalue weighted by atomic mass is 10.1. The quantitative estimate of drug-likeness (QED) is 0.634. The molecular formula is C20H21NO4. The SMILES string of the molecule is COc1ccc(OC(=O)[C@H]2CC(=O)N(c3cccc(C)c3C)C2)cc1. The van der Waals surface area contributed by atoms with Gasteiger partial charge in [-0.2, -0.15) is 0 Å². The van der Waals surface area contributed by atoms with Gasteiger partial charge in [-0.3, -0.25) is 9.59 Å². The van der Waals surface area contributed by atoms with E-state index in [-0.39, 0.29) is 18.3 Å². The number of benzene rings is 2. The van der Waals surface area contributed by atoms with Crippen LogP contribution in [0.4, 0.5) is 5.69 Å². The molecule has 130 valence electrons. The number of hydrogen-bond acceptors (Lipinski definition) is 4. The van der Waals surface area contributed by atoms with Crippen molar-refractivity contribution in [3.63, 3.8) is 0 Å². The second-order valence-electron chi connectivity index (χ2n) is 6.22. The van der Waals surface area contributed by atoms with E-state index in [1.165, 1.54) is 0 Å². The van der Waals surface area contributed by atoms with Gasteiger partial charge in [0.1, 0.15) is 11.5 Å². The molecule has 0 N–H and O–H groups in total. The normalized spacial score (nSPS) is 16.8. The highest BCUT2D eigenvalue weighted by Crippen LogP contribution is 2.30. The van der Waals surface area contributed by atoms with Gasteiger partial charge < -0.3 is 14.4 Å². The molecule has 2 aromatic carbocycles. The van der Waals surface area contributed by atoms with Crippen LogP contribution in [0.5, 0.6) is 11.5 Å². The predicted molar refractivity (Wildman–Crippen MR) is 95.0 cm³/mol. The number of anilines is 1. The molecule has 1 aliphatic heterocycles. The summed E-state index contributed by atoms with van der Waals surface area (Å²) < 4.78 is 10.5. The fourth-order valence-electron chi connectivity index (χ4n) is 2.97. The zero-order valence-electron chi connectivity index (χ0n) is 14.6. The van der Waals surface area contributed by atoms with Crippen molar-refractivity contribution in [3.8, 4) is 11.5 Å². The van der Waals surface area contributed by atoms with Crippen LogP contribution in [0, 0.1) is 19.8 Å². The summed E-state index contributed by atoms with van der Waals surface area (Å²) in [4.78, 5) is 26.5. The minimum Gasteiger partial charge on any atom is -0.497 e. The summed E-state index contributed by atoms with van der Waals surface area (Å²) in [5.41, 5.74) is 3.04. The maximum atomic E-state index is 12.4. The van der Waals surface area contributed by atoms with Crippen molar-refractivity contribution in [1.82, 2.24) is 0 Å². The summed E-state index contributed by atoms with van der Waals surface area (Å²) in [5, 5.41) is 0. The molecule has 2 aromatic rings. The molecule has 0 bridgehead atoms. The Hall–Kier alpha value is -2.82. The standard InChI is InChI=1S/C20H21NO4/c1-13-5-4-6-18(14(13)2)21-12-15(11-19(21)22)20(23)25-17-9-7-16(24-3)8-10-17/h4-10,15H,11-12H2,1-3H3/t15-/m0/s1. The van der Waals surface area contributed by atoms with Crippen LogP contribution in [0.1, 0.15) is 17.5 Å². The fraction of sp³-hybridized carbons (Fsp3) is 0.300. The Kier molecular flexibility index (Phi) is 4.74. The van der Waals surface area contributed by atoms with Crippen LogP contribution < -0.4 is 14.4 Å². The summed E-state index contributed by atoms with van der Waals surface area (Å²) in [6.07, 6.45) is 0.169. The average Bonchev–Trinajstić information content (AvgIpc) is 3.00. The van der Waals surface area contributed by atoms with Crippen molar-refractivity contribution < 1.29 is 19.1 Å². The Morgan fingerprint density at radius 1 is 1.08 bits per heavy atom. The van der Waals surface area contributed by atoms with Crippen molar-refractivity contribution in [3.05, 3.63) is 53.6 Å². The van der Waals surface area contributed by atoms with Gasteiger partial charge in [-0.05, 0) is 55.3 Å². The zero-order chi connectivity index (χ0) is 18.0. The lowest BCUT2D eigenvalue weighted by molar-refractivity contribution is -0.139. The number of carbonyl (C=O) groups is 2. The van der Waals surface area contributed by atoms with Crippen LogP contribution in [-0.2, 0) is 9.59 Å². The van der Waals surface area contributed by atoms with Crippen LogP contribution in [0.25, 0.3) is 0 Å². The van der Waals surface area contributed by atoms with E-state index in [0.717, 1.165) is 16.8 Å². The number of aryl methyl sites for hydroxylation is 1. The number of ether oxygens (including phenoxy) is 2. The molecule has 1 fully saturated rings. The van der Waals surface area contributed by atoms with Gasteiger partial charge in [0, 0.05) is 18.7 Å². The predicted octanol–water partition coefficient (Wildman–Crippen LogP) is 3.27. The summed E-state index contributed by atoms with van der Waals surface area (Å²) in [5.74, 6) is 0.242. The van der Waals surface area contributed by atoms with Crippen LogP contribution in [0.15, 0.2) is 42.5 Å². The third kappa shape index (κ3) is 3.50. The van der Waals surface area contributed by atoms with E-state index in [1.807, 2.05) is 32.0 Å². The first-order valence-corrected chi connectivity index (χ1v) is 8.22. The molecule has 1 atom stereocenters. The first-order valence-electron chi connectivity index (χ1n) is 8.22. The van der Waals surface area contributed by atoms with E-state index in [2.05, 4.69) is 0 Å². The number of rotatable bonds is 4. The van der Waals surface area contributed by atoms with E-state index >= 15 is 0 Å². The van der Waals surface area contributed by atoms with Gasteiger partial charge in [0.2, 0.25) is 5.91 Å². The number of carbonyl (C=O) groups excluding carboxylic acids is 2. The lowest BCUT2D eigenvalue weighted by Gasteiger charge is -2.20. The van der Waals surface area contributed by atoms with E-state index in [9.17, 15) is 9.59 Å². The van der Waals surface area contributed by atoms with E-state index in [0.29, 0.717) is 18.0 Å². The number of nitrogens with zero attached hydrogens (tertiary/aromatic N) is 1. The van der Waals surface area contributed by atoms with Crippen molar-refractivity contribution in [2.75, 3.05) is 18.6 Å². The second-order valence-corrected chi connectivity index (χ2v) is 6.22. The molecule has 0 saturated carbocycles. The van der Waals surface area contributed by atoms with Crippen molar-refractivity contribution in [2.24, 2.45) is 5.92 Å². The largest absolute Gasteiger partial charge is 0.497 e. The van der Waals surface area contributed by atoms with Crippen LogP contribution in [0.3, 0.4) is 0 Å².